The molecule has 0 aromatic rings. The molecule has 2 aliphatic carbocycles. The van der Waals surface area contributed by atoms with E-state index in [-0.39, 0.29) is 10.8 Å². The van der Waals surface area contributed by atoms with Gasteiger partial charge in [-0.3, -0.25) is 0 Å². The van der Waals surface area contributed by atoms with Crippen LogP contribution in [0.15, 0.2) is 22.3 Å². The number of fused-ring (bicyclic) bond motifs is 2. The van der Waals surface area contributed by atoms with Crippen LogP contribution in [0.2, 0.25) is 0 Å². The van der Waals surface area contributed by atoms with E-state index in [9.17, 15) is 0 Å². The molecular weight excluding hydrogens is 400 g/mol. The van der Waals surface area contributed by atoms with Crippen molar-refractivity contribution in [3.63, 3.8) is 0 Å². The molecule has 0 N–H and O–H groups in total. The summed E-state index contributed by atoms with van der Waals surface area (Å²) in [4.78, 5) is 0. The molecular formula is C21H24CrO6. The third-order valence-corrected chi connectivity index (χ3v) is 6.51. The summed E-state index contributed by atoms with van der Waals surface area (Å²) < 4.78 is 44.3. The van der Waals surface area contributed by atoms with Gasteiger partial charge in [0.15, 0.2) is 0 Å². The number of rotatable bonds is 3. The Morgan fingerprint density at radius 3 is 1.43 bits per heavy atom. The van der Waals surface area contributed by atoms with E-state index < -0.39 is 0 Å². The molecule has 3 atom stereocenters. The Labute approximate surface area is 176 Å². The van der Waals surface area contributed by atoms with Gasteiger partial charge in [-0.25, -0.2) is 0 Å². The van der Waals surface area contributed by atoms with E-state index >= 15 is 0 Å². The van der Waals surface area contributed by atoms with Crippen molar-refractivity contribution in [2.24, 2.45) is 16.7 Å². The summed E-state index contributed by atoms with van der Waals surface area (Å²) in [6.07, 6.45) is 0. The van der Waals surface area contributed by atoms with Crippen LogP contribution in [0.1, 0.15) is 48.5 Å². The van der Waals surface area contributed by atoms with E-state index in [0.717, 1.165) is 11.2 Å². The molecule has 0 amide bonds. The van der Waals surface area contributed by atoms with Crippen molar-refractivity contribution in [1.29, 1.82) is 0 Å². The molecule has 0 aromatic heterocycles. The van der Waals surface area contributed by atoms with Gasteiger partial charge in [-0.15, -0.1) is 0 Å². The first-order valence-corrected chi connectivity index (χ1v) is 8.47. The van der Waals surface area contributed by atoms with Crippen molar-refractivity contribution in [2.75, 3.05) is 6.61 Å². The van der Waals surface area contributed by atoms with Crippen molar-refractivity contribution in [1.82, 2.24) is 0 Å². The first kappa shape index (κ1) is 34.1. The fraction of sp³-hybridized carbons (Fsp3) is 0.524. The van der Waals surface area contributed by atoms with Crippen LogP contribution in [0.3, 0.4) is 0 Å². The normalized spacial score (nSPS) is 25.4. The molecule has 2 rings (SSSR count). The molecule has 150 valence electrons. The van der Waals surface area contributed by atoms with Crippen LogP contribution in [-0.4, -0.2) is 11.2 Å². The summed E-state index contributed by atoms with van der Waals surface area (Å²) >= 11 is 3.15. The van der Waals surface area contributed by atoms with Gasteiger partial charge < -0.3 is 0 Å². The van der Waals surface area contributed by atoms with Gasteiger partial charge in [0.2, 0.25) is 0 Å². The first-order valence-electron chi connectivity index (χ1n) is 7.83. The summed E-state index contributed by atoms with van der Waals surface area (Å²) in [5.74, 6) is 0.615. The standard InChI is InChI=1S/C16H24O.5CO.Cr/c1-8-17-9-14-12(4)15(6)10(2)11(3)16(14,7)13(15)5;5*1-2;/h13H,8H2,1-7H3;;;;;;. The summed E-state index contributed by atoms with van der Waals surface area (Å²) in [6, 6.07) is 0. The maximum atomic E-state index is 7.50. The average molecular weight is 424 g/mol. The molecule has 0 aliphatic heterocycles. The predicted molar refractivity (Wildman–Crippen MR) is 92.7 cm³/mol. The molecule has 0 fully saturated rings. The second-order valence-electron chi connectivity index (χ2n) is 6.10. The van der Waals surface area contributed by atoms with E-state index in [0.29, 0.717) is 5.92 Å². The molecule has 0 radical (unpaired) electrons. The van der Waals surface area contributed by atoms with Crippen LogP contribution in [0, 0.1) is 50.0 Å². The van der Waals surface area contributed by atoms with Gasteiger partial charge in [0.1, 0.15) is 0 Å². The quantitative estimate of drug-likeness (QED) is 0.383. The van der Waals surface area contributed by atoms with Gasteiger partial charge in [-0.1, -0.05) is 0 Å². The van der Waals surface area contributed by atoms with Crippen molar-refractivity contribution in [3.8, 4) is 0 Å². The van der Waals surface area contributed by atoms with Gasteiger partial charge in [-0.05, 0) is 0 Å². The second kappa shape index (κ2) is 16.5. The van der Waals surface area contributed by atoms with Gasteiger partial charge in [0.25, 0.3) is 0 Å². The predicted octanol–water partition coefficient (Wildman–Crippen LogP) is 3.84. The van der Waals surface area contributed by atoms with E-state index in [1.54, 1.807) is 5.57 Å². The molecule has 7 heteroatoms. The Bertz CT molecular complexity index is 657. The SMILES string of the molecule is CCO[C](=[Cr])C1=C(C)C2(C)C(C)=C(C)C1(C)C2C.[C-]#[O+].[C-]#[O+].[C-]#[O+].[C-]#[O+].[C-]#[O+]. The Morgan fingerprint density at radius 1 is 0.821 bits per heavy atom. The van der Waals surface area contributed by atoms with E-state index in [1.165, 1.54) is 16.7 Å². The molecule has 0 saturated carbocycles. The Kier molecular flexibility index (Phi) is 20.1. The zero-order chi connectivity index (χ0) is 23.9. The molecule has 2 bridgehead atoms. The minimum absolute atomic E-state index is 0.138. The number of allylic oxidation sites excluding steroid dienone is 3. The molecule has 2 aliphatic rings. The number of hydrogen-bond donors (Lipinski definition) is 0. The van der Waals surface area contributed by atoms with E-state index in [4.69, 9.17) is 28.0 Å². The van der Waals surface area contributed by atoms with Crippen LogP contribution in [0.4, 0.5) is 0 Å². The van der Waals surface area contributed by atoms with Crippen LogP contribution in [-0.2, 0) is 43.8 Å². The van der Waals surface area contributed by atoms with Gasteiger partial charge >= 0.3 is 176 Å². The fourth-order valence-corrected chi connectivity index (χ4v) is 4.99. The second-order valence-corrected chi connectivity index (χ2v) is 6.68. The monoisotopic (exact) mass is 424 g/mol. The van der Waals surface area contributed by atoms with Crippen LogP contribution < -0.4 is 0 Å². The van der Waals surface area contributed by atoms with Crippen molar-refractivity contribution in [2.45, 2.75) is 48.5 Å². The van der Waals surface area contributed by atoms with Crippen molar-refractivity contribution >= 4 is 4.57 Å². The van der Waals surface area contributed by atoms with Crippen LogP contribution >= 0.6 is 0 Å². The summed E-state index contributed by atoms with van der Waals surface area (Å²) in [7, 11) is 0. The Balaban J connectivity index is -0.000000251. The summed E-state index contributed by atoms with van der Waals surface area (Å²) in [6.45, 7) is 39.3. The third kappa shape index (κ3) is 5.54. The molecule has 0 heterocycles. The summed E-state index contributed by atoms with van der Waals surface area (Å²) in [5.41, 5.74) is 6.33. The molecule has 6 nitrogen and oxygen atoms in total. The van der Waals surface area contributed by atoms with Crippen molar-refractivity contribution in [3.05, 3.63) is 55.5 Å². The molecule has 0 saturated heterocycles. The van der Waals surface area contributed by atoms with Gasteiger partial charge in [0.05, 0.1) is 0 Å². The molecule has 0 spiro atoms. The number of ether oxygens (including phenoxy) is 1. The molecule has 28 heavy (non-hydrogen) atoms. The first-order chi connectivity index (χ1) is 13.2. The number of hydrogen-bond acceptors (Lipinski definition) is 1. The zero-order valence-electron chi connectivity index (χ0n) is 17.1. The average Bonchev–Trinajstić information content (AvgIpc) is 3.00. The van der Waals surface area contributed by atoms with Gasteiger partial charge in [0, 0.05) is 0 Å². The molecule has 3 unspecified atom stereocenters. The fourth-order valence-electron chi connectivity index (χ4n) is 4.23. The third-order valence-electron chi connectivity index (χ3n) is 6.01. The van der Waals surface area contributed by atoms with Crippen LogP contribution in [0.25, 0.3) is 0 Å². The topological polar surface area (TPSA) is 109 Å². The maximum absolute atomic E-state index is 7.50. The van der Waals surface area contributed by atoms with Crippen molar-refractivity contribution < 1.29 is 43.8 Å². The Morgan fingerprint density at radius 2 is 1.14 bits per heavy atom. The van der Waals surface area contributed by atoms with E-state index in [2.05, 4.69) is 90.6 Å². The minimum atomic E-state index is 0.138. The Hall–Kier alpha value is -1.46. The summed E-state index contributed by atoms with van der Waals surface area (Å²) in [5, 5.41) is 0. The van der Waals surface area contributed by atoms with Gasteiger partial charge in [-0.2, -0.15) is 0 Å². The van der Waals surface area contributed by atoms with Crippen LogP contribution in [0.5, 0.6) is 0 Å². The van der Waals surface area contributed by atoms with E-state index in [1.807, 2.05) is 6.92 Å². The zero-order valence-corrected chi connectivity index (χ0v) is 18.4. The molecule has 0 aromatic carbocycles.